The number of para-hydroxylation sites is 1. The summed E-state index contributed by atoms with van der Waals surface area (Å²) >= 11 is 3.41. The Hall–Kier alpha value is -3.58. The number of nitrogens with zero attached hydrogens (tertiary/aromatic N) is 2. The minimum absolute atomic E-state index is 0.163. The van der Waals surface area contributed by atoms with Gasteiger partial charge in [-0.15, -0.1) is 0 Å². The van der Waals surface area contributed by atoms with Crippen LogP contribution >= 0.6 is 15.9 Å². The SMILES string of the molecule is Cc1ccc(Br)cc1NC(=O)CCNC(=O)c1cc(-c2cccnc2)nc2ccccc12. The van der Waals surface area contributed by atoms with Gasteiger partial charge in [0.1, 0.15) is 0 Å². The molecular weight excluding hydrogens is 468 g/mol. The van der Waals surface area contributed by atoms with E-state index in [2.05, 4.69) is 36.5 Å². The van der Waals surface area contributed by atoms with Gasteiger partial charge >= 0.3 is 0 Å². The fourth-order valence-corrected chi connectivity index (χ4v) is 3.71. The van der Waals surface area contributed by atoms with Crippen LogP contribution in [0.15, 0.2) is 77.5 Å². The standard InChI is InChI=1S/C25H21BrN4O2/c1-16-8-9-18(26)13-22(16)30-24(31)10-12-28-25(32)20-14-23(17-5-4-11-27-15-17)29-21-7-3-2-6-19(20)21/h2-9,11,13-15H,10,12H2,1H3,(H,28,32)(H,30,31). The Bertz CT molecular complexity index is 1290. The van der Waals surface area contributed by atoms with E-state index in [9.17, 15) is 9.59 Å². The van der Waals surface area contributed by atoms with Crippen LogP contribution in [-0.2, 0) is 4.79 Å². The van der Waals surface area contributed by atoms with Gasteiger partial charge in [0.2, 0.25) is 5.91 Å². The third-order valence-electron chi connectivity index (χ3n) is 5.03. The summed E-state index contributed by atoms with van der Waals surface area (Å²) < 4.78 is 0.890. The number of aromatic nitrogens is 2. The lowest BCUT2D eigenvalue weighted by molar-refractivity contribution is -0.116. The van der Waals surface area contributed by atoms with Crippen molar-refractivity contribution in [2.45, 2.75) is 13.3 Å². The summed E-state index contributed by atoms with van der Waals surface area (Å²) in [6.45, 7) is 2.15. The van der Waals surface area contributed by atoms with Gasteiger partial charge in [-0.05, 0) is 48.9 Å². The molecule has 2 aromatic carbocycles. The van der Waals surface area contributed by atoms with Gasteiger partial charge in [-0.2, -0.15) is 0 Å². The molecule has 0 radical (unpaired) electrons. The van der Waals surface area contributed by atoms with Crippen molar-refractivity contribution in [3.8, 4) is 11.3 Å². The molecule has 4 aromatic rings. The number of halogens is 1. The van der Waals surface area contributed by atoms with Gasteiger partial charge in [0, 0.05) is 46.5 Å². The van der Waals surface area contributed by atoms with Crippen molar-refractivity contribution in [2.75, 3.05) is 11.9 Å². The van der Waals surface area contributed by atoms with E-state index in [1.165, 1.54) is 0 Å². The van der Waals surface area contributed by atoms with E-state index in [1.54, 1.807) is 18.5 Å². The molecule has 32 heavy (non-hydrogen) atoms. The van der Waals surface area contributed by atoms with Crippen molar-refractivity contribution in [2.24, 2.45) is 0 Å². The predicted molar refractivity (Wildman–Crippen MR) is 129 cm³/mol. The van der Waals surface area contributed by atoms with Crippen LogP contribution in [0.25, 0.3) is 22.2 Å². The Labute approximate surface area is 194 Å². The number of amides is 2. The zero-order valence-electron chi connectivity index (χ0n) is 17.4. The summed E-state index contributed by atoms with van der Waals surface area (Å²) in [5.74, 6) is -0.415. The van der Waals surface area contributed by atoms with Crippen LogP contribution in [-0.4, -0.2) is 28.3 Å². The van der Waals surface area contributed by atoms with Crippen molar-refractivity contribution in [1.29, 1.82) is 0 Å². The second kappa shape index (κ2) is 9.70. The molecule has 0 bridgehead atoms. The highest BCUT2D eigenvalue weighted by Crippen LogP contribution is 2.24. The first-order valence-corrected chi connectivity index (χ1v) is 10.9. The Balaban J connectivity index is 1.48. The number of carbonyl (C=O) groups is 2. The Morgan fingerprint density at radius 2 is 1.88 bits per heavy atom. The Morgan fingerprint density at radius 3 is 2.69 bits per heavy atom. The number of nitrogens with one attached hydrogen (secondary N) is 2. The van der Waals surface area contributed by atoms with Crippen molar-refractivity contribution >= 4 is 44.3 Å². The zero-order valence-corrected chi connectivity index (χ0v) is 19.0. The first-order chi connectivity index (χ1) is 15.5. The lowest BCUT2D eigenvalue weighted by atomic mass is 10.0. The van der Waals surface area contributed by atoms with E-state index in [0.717, 1.165) is 32.2 Å². The van der Waals surface area contributed by atoms with Gasteiger partial charge in [0.25, 0.3) is 5.91 Å². The molecule has 2 heterocycles. The van der Waals surface area contributed by atoms with E-state index in [4.69, 9.17) is 0 Å². The highest BCUT2D eigenvalue weighted by molar-refractivity contribution is 9.10. The maximum absolute atomic E-state index is 13.0. The van der Waals surface area contributed by atoms with Crippen molar-refractivity contribution in [3.05, 3.63) is 88.7 Å². The number of hydrogen-bond donors (Lipinski definition) is 2. The van der Waals surface area contributed by atoms with Gasteiger partial charge in [-0.3, -0.25) is 14.6 Å². The zero-order chi connectivity index (χ0) is 22.5. The number of carbonyl (C=O) groups excluding carboxylic acids is 2. The van der Waals surface area contributed by atoms with E-state index < -0.39 is 0 Å². The first-order valence-electron chi connectivity index (χ1n) is 10.2. The molecule has 0 saturated carbocycles. The topological polar surface area (TPSA) is 84.0 Å². The summed E-state index contributed by atoms with van der Waals surface area (Å²) in [6, 6.07) is 18.7. The number of hydrogen-bond acceptors (Lipinski definition) is 4. The van der Waals surface area contributed by atoms with Crippen LogP contribution in [0.2, 0.25) is 0 Å². The number of pyridine rings is 2. The third-order valence-corrected chi connectivity index (χ3v) is 5.52. The van der Waals surface area contributed by atoms with Crippen LogP contribution in [0, 0.1) is 6.92 Å². The predicted octanol–water partition coefficient (Wildman–Crippen LogP) is 5.13. The Morgan fingerprint density at radius 1 is 1.03 bits per heavy atom. The average Bonchev–Trinajstić information content (AvgIpc) is 2.81. The summed E-state index contributed by atoms with van der Waals surface area (Å²) in [6.07, 6.45) is 3.57. The number of aryl methyl sites for hydroxylation is 1. The molecular formula is C25H21BrN4O2. The molecule has 4 rings (SSSR count). The lowest BCUT2D eigenvalue weighted by Gasteiger charge is -2.11. The third kappa shape index (κ3) is 5.00. The molecule has 160 valence electrons. The smallest absolute Gasteiger partial charge is 0.252 e. The monoisotopic (exact) mass is 488 g/mol. The highest BCUT2D eigenvalue weighted by Gasteiger charge is 2.14. The minimum Gasteiger partial charge on any atom is -0.351 e. The molecule has 0 aliphatic heterocycles. The minimum atomic E-state index is -0.250. The van der Waals surface area contributed by atoms with Crippen molar-refractivity contribution in [3.63, 3.8) is 0 Å². The number of anilines is 1. The van der Waals surface area contributed by atoms with Crippen LogP contribution in [0.3, 0.4) is 0 Å². The van der Waals surface area contributed by atoms with Gasteiger partial charge in [0.05, 0.1) is 16.8 Å². The van der Waals surface area contributed by atoms with Gasteiger partial charge < -0.3 is 10.6 Å². The van der Waals surface area contributed by atoms with E-state index in [1.807, 2.05) is 61.5 Å². The molecule has 0 saturated heterocycles. The summed E-state index contributed by atoms with van der Waals surface area (Å²) in [4.78, 5) is 34.2. The maximum atomic E-state index is 13.0. The molecule has 2 aromatic heterocycles. The number of benzene rings is 2. The summed E-state index contributed by atoms with van der Waals surface area (Å²) in [5, 5.41) is 6.50. The molecule has 0 aliphatic rings. The quantitative estimate of drug-likeness (QED) is 0.394. The molecule has 0 atom stereocenters. The van der Waals surface area contributed by atoms with E-state index in [-0.39, 0.29) is 24.8 Å². The average molecular weight is 489 g/mol. The van der Waals surface area contributed by atoms with Gasteiger partial charge in [-0.1, -0.05) is 40.2 Å². The van der Waals surface area contributed by atoms with Gasteiger partial charge in [0.15, 0.2) is 0 Å². The molecule has 2 N–H and O–H groups in total. The second-order valence-electron chi connectivity index (χ2n) is 7.33. The van der Waals surface area contributed by atoms with Crippen molar-refractivity contribution in [1.82, 2.24) is 15.3 Å². The lowest BCUT2D eigenvalue weighted by Crippen LogP contribution is -2.28. The fraction of sp³-hybridized carbons (Fsp3) is 0.120. The van der Waals surface area contributed by atoms with Crippen LogP contribution in [0.4, 0.5) is 5.69 Å². The summed E-state index contributed by atoms with van der Waals surface area (Å²) in [7, 11) is 0. The fourth-order valence-electron chi connectivity index (χ4n) is 3.35. The van der Waals surface area contributed by atoms with Gasteiger partial charge in [-0.25, -0.2) is 4.98 Å². The van der Waals surface area contributed by atoms with Crippen LogP contribution in [0.5, 0.6) is 0 Å². The summed E-state index contributed by atoms with van der Waals surface area (Å²) in [5.41, 5.74) is 4.45. The maximum Gasteiger partial charge on any atom is 0.252 e. The van der Waals surface area contributed by atoms with Crippen LogP contribution < -0.4 is 10.6 Å². The Kier molecular flexibility index (Phi) is 6.56. The first kappa shape index (κ1) is 21.6. The molecule has 0 spiro atoms. The number of fused-ring (bicyclic) bond motifs is 1. The van der Waals surface area contributed by atoms with Crippen molar-refractivity contribution < 1.29 is 9.59 Å². The normalized spacial score (nSPS) is 10.7. The largest absolute Gasteiger partial charge is 0.351 e. The molecule has 0 aliphatic carbocycles. The highest BCUT2D eigenvalue weighted by atomic mass is 79.9. The second-order valence-corrected chi connectivity index (χ2v) is 8.24. The number of rotatable bonds is 6. The molecule has 0 unspecified atom stereocenters. The molecule has 2 amide bonds. The van der Waals surface area contributed by atoms with E-state index in [0.29, 0.717) is 11.3 Å². The molecule has 7 heteroatoms. The molecule has 6 nitrogen and oxygen atoms in total. The molecule has 0 fully saturated rings. The van der Waals surface area contributed by atoms with E-state index >= 15 is 0 Å². The van der Waals surface area contributed by atoms with Crippen LogP contribution in [0.1, 0.15) is 22.3 Å².